The van der Waals surface area contributed by atoms with Gasteiger partial charge in [0, 0.05) is 44.8 Å². The maximum absolute atomic E-state index is 12.2. The van der Waals surface area contributed by atoms with Gasteiger partial charge in [0.2, 0.25) is 0 Å². The van der Waals surface area contributed by atoms with Crippen LogP contribution in [-0.4, -0.2) is 57.6 Å². The summed E-state index contributed by atoms with van der Waals surface area (Å²) in [4.78, 5) is 25.1. The SMILES string of the molecule is CN1CCc2[nH]cnc2C12CCN(CCn1c(=O)oc3ccccc31)CC2. The number of imidazole rings is 1. The van der Waals surface area contributed by atoms with Gasteiger partial charge in [0.15, 0.2) is 5.58 Å². The van der Waals surface area contributed by atoms with Crippen molar-refractivity contribution in [1.82, 2.24) is 24.3 Å². The summed E-state index contributed by atoms with van der Waals surface area (Å²) in [5.74, 6) is -0.266. The van der Waals surface area contributed by atoms with Crippen molar-refractivity contribution >= 4 is 11.1 Å². The van der Waals surface area contributed by atoms with E-state index in [0.29, 0.717) is 12.1 Å². The number of fused-ring (bicyclic) bond motifs is 3. The number of piperidine rings is 1. The molecule has 0 bridgehead atoms. The number of aromatic nitrogens is 3. The quantitative estimate of drug-likeness (QED) is 0.764. The van der Waals surface area contributed by atoms with Crippen molar-refractivity contribution in [3.8, 4) is 0 Å². The predicted molar refractivity (Wildman–Crippen MR) is 103 cm³/mol. The van der Waals surface area contributed by atoms with Gasteiger partial charge < -0.3 is 14.3 Å². The number of benzene rings is 1. The molecular formula is C20H25N5O2. The van der Waals surface area contributed by atoms with Crippen molar-refractivity contribution in [2.45, 2.75) is 31.3 Å². The molecule has 1 N–H and O–H groups in total. The summed E-state index contributed by atoms with van der Waals surface area (Å²) >= 11 is 0. The lowest BCUT2D eigenvalue weighted by atomic mass is 9.79. The highest BCUT2D eigenvalue weighted by atomic mass is 16.4. The zero-order valence-electron chi connectivity index (χ0n) is 15.6. The van der Waals surface area contributed by atoms with E-state index in [9.17, 15) is 4.79 Å². The maximum atomic E-state index is 12.2. The fourth-order valence-electron chi connectivity index (χ4n) is 4.82. The molecule has 2 aliphatic heterocycles. The number of aromatic amines is 1. The largest absolute Gasteiger partial charge is 0.419 e. The fourth-order valence-corrected chi connectivity index (χ4v) is 4.82. The Labute approximate surface area is 157 Å². The Morgan fingerprint density at radius 2 is 2.00 bits per heavy atom. The van der Waals surface area contributed by atoms with E-state index in [-0.39, 0.29) is 11.3 Å². The summed E-state index contributed by atoms with van der Waals surface area (Å²) in [6, 6.07) is 7.63. The molecule has 1 aromatic carbocycles. The average molecular weight is 367 g/mol. The van der Waals surface area contributed by atoms with Crippen LogP contribution in [0.15, 0.2) is 39.8 Å². The number of H-pyrrole nitrogens is 1. The molecule has 0 atom stereocenters. The average Bonchev–Trinajstić information content (AvgIpc) is 3.29. The monoisotopic (exact) mass is 367 g/mol. The highest BCUT2D eigenvalue weighted by Crippen LogP contribution is 2.41. The van der Waals surface area contributed by atoms with E-state index >= 15 is 0 Å². The lowest BCUT2D eigenvalue weighted by molar-refractivity contribution is 0.0236. The van der Waals surface area contributed by atoms with Gasteiger partial charge in [-0.1, -0.05) is 12.1 Å². The van der Waals surface area contributed by atoms with Crippen molar-refractivity contribution in [2.75, 3.05) is 33.2 Å². The molecule has 2 aliphatic rings. The summed E-state index contributed by atoms with van der Waals surface area (Å²) in [5, 5.41) is 0. The first-order valence-electron chi connectivity index (χ1n) is 9.72. The molecule has 4 heterocycles. The highest BCUT2D eigenvalue weighted by Gasteiger charge is 2.44. The number of nitrogens with one attached hydrogen (secondary N) is 1. The van der Waals surface area contributed by atoms with Crippen molar-refractivity contribution < 1.29 is 4.42 Å². The van der Waals surface area contributed by atoms with Gasteiger partial charge in [0.05, 0.1) is 23.1 Å². The minimum Gasteiger partial charge on any atom is -0.408 e. The van der Waals surface area contributed by atoms with Crippen LogP contribution in [0.25, 0.3) is 11.1 Å². The van der Waals surface area contributed by atoms with Gasteiger partial charge in [-0.25, -0.2) is 9.78 Å². The summed E-state index contributed by atoms with van der Waals surface area (Å²) in [5.41, 5.74) is 4.15. The van der Waals surface area contributed by atoms with Crippen LogP contribution in [0.2, 0.25) is 0 Å². The molecule has 142 valence electrons. The van der Waals surface area contributed by atoms with Gasteiger partial charge in [0.25, 0.3) is 0 Å². The molecular weight excluding hydrogens is 342 g/mol. The van der Waals surface area contributed by atoms with Gasteiger partial charge in [-0.2, -0.15) is 0 Å². The lowest BCUT2D eigenvalue weighted by Crippen LogP contribution is -2.55. The van der Waals surface area contributed by atoms with Crippen molar-refractivity contribution in [3.63, 3.8) is 0 Å². The van der Waals surface area contributed by atoms with Gasteiger partial charge in [-0.05, 0) is 32.0 Å². The van der Waals surface area contributed by atoms with E-state index in [4.69, 9.17) is 4.42 Å². The second-order valence-corrected chi connectivity index (χ2v) is 7.76. The third kappa shape index (κ3) is 2.64. The molecule has 0 aliphatic carbocycles. The van der Waals surface area contributed by atoms with Crippen LogP contribution in [0.4, 0.5) is 0 Å². The van der Waals surface area contributed by atoms with Crippen LogP contribution >= 0.6 is 0 Å². The molecule has 7 nitrogen and oxygen atoms in total. The minimum atomic E-state index is -0.266. The molecule has 0 saturated carbocycles. The Kier molecular flexibility index (Phi) is 3.94. The second-order valence-electron chi connectivity index (χ2n) is 7.76. The third-order valence-corrected chi connectivity index (χ3v) is 6.48. The highest BCUT2D eigenvalue weighted by molar-refractivity contribution is 5.72. The Hall–Kier alpha value is -2.38. The Balaban J connectivity index is 1.29. The first kappa shape index (κ1) is 16.8. The maximum Gasteiger partial charge on any atom is 0.419 e. The van der Waals surface area contributed by atoms with Gasteiger partial charge in [-0.3, -0.25) is 9.47 Å². The second kappa shape index (κ2) is 6.35. The molecule has 0 radical (unpaired) electrons. The summed E-state index contributed by atoms with van der Waals surface area (Å²) in [6.45, 7) is 4.62. The molecule has 3 aromatic rings. The van der Waals surface area contributed by atoms with Crippen molar-refractivity contribution in [1.29, 1.82) is 0 Å². The molecule has 7 heteroatoms. The summed E-state index contributed by atoms with van der Waals surface area (Å²) in [6.07, 6.45) is 5.03. The molecule has 1 fully saturated rings. The molecule has 1 saturated heterocycles. The van der Waals surface area contributed by atoms with Crippen LogP contribution < -0.4 is 5.76 Å². The van der Waals surface area contributed by atoms with E-state index in [0.717, 1.165) is 51.0 Å². The first-order valence-corrected chi connectivity index (χ1v) is 9.72. The number of hydrogen-bond donors (Lipinski definition) is 1. The van der Waals surface area contributed by atoms with Gasteiger partial charge >= 0.3 is 5.76 Å². The zero-order chi connectivity index (χ0) is 18.4. The Morgan fingerprint density at radius 3 is 2.85 bits per heavy atom. The van der Waals surface area contributed by atoms with E-state index < -0.39 is 0 Å². The normalized spacial score (nSPS) is 20.3. The number of hydrogen-bond acceptors (Lipinski definition) is 5. The number of likely N-dealkylation sites (N-methyl/N-ethyl adjacent to an activating group) is 1. The van der Waals surface area contributed by atoms with E-state index in [1.807, 2.05) is 30.6 Å². The number of rotatable bonds is 3. The van der Waals surface area contributed by atoms with Crippen LogP contribution in [-0.2, 0) is 18.5 Å². The smallest absolute Gasteiger partial charge is 0.408 e. The van der Waals surface area contributed by atoms with Crippen LogP contribution in [0.1, 0.15) is 24.2 Å². The number of para-hydroxylation sites is 2. The fraction of sp³-hybridized carbons (Fsp3) is 0.500. The topological polar surface area (TPSA) is 70.3 Å². The molecule has 27 heavy (non-hydrogen) atoms. The van der Waals surface area contributed by atoms with E-state index in [2.05, 4.69) is 26.8 Å². The van der Waals surface area contributed by atoms with Gasteiger partial charge in [0.1, 0.15) is 0 Å². The lowest BCUT2D eigenvalue weighted by Gasteiger charge is -2.49. The molecule has 5 rings (SSSR count). The van der Waals surface area contributed by atoms with Crippen molar-refractivity contribution in [2.24, 2.45) is 0 Å². The van der Waals surface area contributed by atoms with Crippen LogP contribution in [0, 0.1) is 0 Å². The third-order valence-electron chi connectivity index (χ3n) is 6.48. The van der Waals surface area contributed by atoms with Crippen LogP contribution in [0.3, 0.4) is 0 Å². The zero-order valence-corrected chi connectivity index (χ0v) is 15.6. The molecule has 0 unspecified atom stereocenters. The number of nitrogens with zero attached hydrogens (tertiary/aromatic N) is 4. The van der Waals surface area contributed by atoms with Gasteiger partial charge in [-0.15, -0.1) is 0 Å². The summed E-state index contributed by atoms with van der Waals surface area (Å²) < 4.78 is 7.09. The standard InChI is InChI=1S/C20H25N5O2/c1-23-9-6-15-18(22-14-21-15)20(23)7-10-24(11-8-20)12-13-25-16-4-2-3-5-17(16)27-19(25)26/h2-5,14H,6-13H2,1H3,(H,21,22). The molecule has 0 amide bonds. The number of likely N-dealkylation sites (tertiary alicyclic amines) is 1. The van der Waals surface area contributed by atoms with E-state index in [1.54, 1.807) is 4.57 Å². The number of oxazole rings is 1. The summed E-state index contributed by atoms with van der Waals surface area (Å²) in [7, 11) is 2.23. The van der Waals surface area contributed by atoms with Crippen LogP contribution in [0.5, 0.6) is 0 Å². The minimum absolute atomic E-state index is 0.0588. The van der Waals surface area contributed by atoms with Crippen molar-refractivity contribution in [3.05, 3.63) is 52.5 Å². The predicted octanol–water partition coefficient (Wildman–Crippen LogP) is 1.80. The molecule has 2 aromatic heterocycles. The van der Waals surface area contributed by atoms with E-state index in [1.165, 1.54) is 11.4 Å². The molecule has 1 spiro atoms. The Morgan fingerprint density at radius 1 is 1.19 bits per heavy atom. The Bertz CT molecular complexity index is 1010. The first-order chi connectivity index (χ1) is 13.2.